The molecular formula is C25H28O7. The molecule has 0 aromatic heterocycles. The maximum atomic E-state index is 12.7. The lowest BCUT2D eigenvalue weighted by Gasteiger charge is -2.21. The normalized spacial score (nSPS) is 15.7. The first-order valence-electron chi connectivity index (χ1n) is 10.7. The number of esters is 2. The third kappa shape index (κ3) is 3.99. The zero-order valence-corrected chi connectivity index (χ0v) is 18.9. The Morgan fingerprint density at radius 1 is 1.03 bits per heavy atom. The number of carbonyl (C=O) groups is 2. The van der Waals surface area contributed by atoms with E-state index in [0.717, 1.165) is 16.7 Å². The molecule has 2 aliphatic rings. The molecule has 170 valence electrons. The topological polar surface area (TPSA) is 80.3 Å². The van der Waals surface area contributed by atoms with E-state index >= 15 is 0 Å². The Morgan fingerprint density at radius 2 is 1.78 bits per heavy atom. The highest BCUT2D eigenvalue weighted by molar-refractivity contribution is 5.96. The summed E-state index contributed by atoms with van der Waals surface area (Å²) >= 11 is 0. The van der Waals surface area contributed by atoms with E-state index in [2.05, 4.69) is 0 Å². The van der Waals surface area contributed by atoms with Crippen molar-refractivity contribution in [3.63, 3.8) is 0 Å². The molecule has 0 saturated heterocycles. The number of methoxy groups -OCH3 is 2. The van der Waals surface area contributed by atoms with Crippen molar-refractivity contribution in [2.75, 3.05) is 27.4 Å². The van der Waals surface area contributed by atoms with E-state index in [0.29, 0.717) is 42.3 Å². The molecule has 7 heteroatoms. The van der Waals surface area contributed by atoms with Gasteiger partial charge in [0.1, 0.15) is 18.6 Å². The smallest absolute Gasteiger partial charge is 0.338 e. The highest BCUT2D eigenvalue weighted by Crippen LogP contribution is 2.51. The standard InChI is InChI=1S/C25H28O7/c1-15(2)12-31-24(27)25(10-11-25)14-32-21-17(8-9-20(28-3)22(21)29-4)16-6-5-7-18-19(16)13-30-23(18)26/h5-9,15H,10-14H2,1-4H3. The Morgan fingerprint density at radius 3 is 2.44 bits per heavy atom. The van der Waals surface area contributed by atoms with Crippen molar-refractivity contribution < 1.29 is 33.3 Å². The average molecular weight is 440 g/mol. The first-order valence-corrected chi connectivity index (χ1v) is 10.7. The second kappa shape index (κ2) is 8.73. The van der Waals surface area contributed by atoms with Crippen molar-refractivity contribution in [1.29, 1.82) is 0 Å². The number of ether oxygens (including phenoxy) is 5. The van der Waals surface area contributed by atoms with Crippen LogP contribution >= 0.6 is 0 Å². The molecule has 0 unspecified atom stereocenters. The molecule has 0 amide bonds. The summed E-state index contributed by atoms with van der Waals surface area (Å²) in [6, 6.07) is 9.14. The van der Waals surface area contributed by atoms with E-state index in [1.165, 1.54) is 0 Å². The molecule has 0 bridgehead atoms. The highest BCUT2D eigenvalue weighted by atomic mass is 16.6. The predicted molar refractivity (Wildman–Crippen MR) is 117 cm³/mol. The molecular weight excluding hydrogens is 412 g/mol. The van der Waals surface area contributed by atoms with Gasteiger partial charge in [0.25, 0.3) is 0 Å². The first kappa shape index (κ1) is 22.0. The summed E-state index contributed by atoms with van der Waals surface area (Å²) in [5.74, 6) is 1.11. The molecule has 2 aromatic carbocycles. The molecule has 1 aliphatic heterocycles. The van der Waals surface area contributed by atoms with Crippen molar-refractivity contribution in [1.82, 2.24) is 0 Å². The predicted octanol–water partition coefficient (Wildman–Crippen LogP) is 4.40. The number of hydrogen-bond donors (Lipinski definition) is 0. The van der Waals surface area contributed by atoms with E-state index in [1.807, 2.05) is 32.0 Å². The summed E-state index contributed by atoms with van der Waals surface area (Å²) < 4.78 is 28.1. The maximum absolute atomic E-state index is 12.7. The van der Waals surface area contributed by atoms with Crippen LogP contribution in [0.1, 0.15) is 42.6 Å². The van der Waals surface area contributed by atoms with Crippen LogP contribution in [-0.4, -0.2) is 39.4 Å². The molecule has 0 radical (unpaired) electrons. The van der Waals surface area contributed by atoms with E-state index in [9.17, 15) is 9.59 Å². The largest absolute Gasteiger partial charge is 0.493 e. The van der Waals surface area contributed by atoms with Crippen LogP contribution in [0.2, 0.25) is 0 Å². The van der Waals surface area contributed by atoms with E-state index in [4.69, 9.17) is 23.7 Å². The van der Waals surface area contributed by atoms with Crippen LogP contribution in [0.25, 0.3) is 11.1 Å². The summed E-state index contributed by atoms with van der Waals surface area (Å²) in [6.45, 7) is 4.76. The second-order valence-corrected chi connectivity index (χ2v) is 8.65. The molecule has 0 spiro atoms. The van der Waals surface area contributed by atoms with Crippen molar-refractivity contribution >= 4 is 11.9 Å². The van der Waals surface area contributed by atoms with Gasteiger partial charge in [-0.05, 0) is 42.5 Å². The summed E-state index contributed by atoms with van der Waals surface area (Å²) in [7, 11) is 3.10. The Balaban J connectivity index is 1.69. The Bertz CT molecular complexity index is 1040. The molecule has 7 nitrogen and oxygen atoms in total. The molecule has 0 atom stereocenters. The van der Waals surface area contributed by atoms with Gasteiger partial charge in [-0.3, -0.25) is 4.79 Å². The van der Waals surface area contributed by atoms with Gasteiger partial charge in [0.2, 0.25) is 5.75 Å². The van der Waals surface area contributed by atoms with Crippen LogP contribution < -0.4 is 14.2 Å². The van der Waals surface area contributed by atoms with Gasteiger partial charge in [-0.15, -0.1) is 0 Å². The monoisotopic (exact) mass is 440 g/mol. The van der Waals surface area contributed by atoms with Crippen LogP contribution in [0.4, 0.5) is 0 Å². The van der Waals surface area contributed by atoms with Gasteiger partial charge in [-0.25, -0.2) is 4.79 Å². The minimum absolute atomic E-state index is 0.172. The number of benzene rings is 2. The average Bonchev–Trinajstić information content (AvgIpc) is 3.50. The molecule has 1 fully saturated rings. The zero-order valence-electron chi connectivity index (χ0n) is 18.9. The van der Waals surface area contributed by atoms with E-state index < -0.39 is 5.41 Å². The molecule has 0 N–H and O–H groups in total. The molecule has 1 heterocycles. The molecule has 32 heavy (non-hydrogen) atoms. The molecule has 1 aliphatic carbocycles. The second-order valence-electron chi connectivity index (χ2n) is 8.65. The van der Waals surface area contributed by atoms with Crippen molar-refractivity contribution in [3.05, 3.63) is 41.5 Å². The summed E-state index contributed by atoms with van der Waals surface area (Å²) in [5, 5.41) is 0. The fourth-order valence-corrected chi connectivity index (χ4v) is 3.82. The van der Waals surface area contributed by atoms with Crippen LogP contribution in [0.15, 0.2) is 30.3 Å². The number of carbonyl (C=O) groups excluding carboxylic acids is 2. The Labute approximate surface area is 187 Å². The highest BCUT2D eigenvalue weighted by Gasteiger charge is 2.52. The lowest BCUT2D eigenvalue weighted by molar-refractivity contribution is -0.152. The summed E-state index contributed by atoms with van der Waals surface area (Å²) in [6.07, 6.45) is 1.43. The SMILES string of the molecule is COc1ccc(-c2cccc3c2COC3=O)c(OCC2(C(=O)OCC(C)C)CC2)c1OC. The quantitative estimate of drug-likeness (QED) is 0.535. The first-order chi connectivity index (χ1) is 15.4. The van der Waals surface area contributed by atoms with Gasteiger partial charge in [0.15, 0.2) is 11.5 Å². The minimum Gasteiger partial charge on any atom is -0.493 e. The Hall–Kier alpha value is -3.22. The van der Waals surface area contributed by atoms with E-state index in [-0.39, 0.29) is 31.1 Å². The molecule has 4 rings (SSSR count). The number of hydrogen-bond acceptors (Lipinski definition) is 7. The number of cyclic esters (lactones) is 1. The zero-order chi connectivity index (χ0) is 22.9. The van der Waals surface area contributed by atoms with Crippen molar-refractivity contribution in [3.8, 4) is 28.4 Å². The minimum atomic E-state index is -0.641. The van der Waals surface area contributed by atoms with Crippen molar-refractivity contribution in [2.45, 2.75) is 33.3 Å². The van der Waals surface area contributed by atoms with Gasteiger partial charge < -0.3 is 23.7 Å². The third-order valence-corrected chi connectivity index (χ3v) is 5.86. The molecule has 2 aromatic rings. The van der Waals surface area contributed by atoms with Crippen LogP contribution in [-0.2, 0) is 20.9 Å². The molecule has 1 saturated carbocycles. The third-order valence-electron chi connectivity index (χ3n) is 5.86. The van der Waals surface area contributed by atoms with Crippen LogP contribution in [0.5, 0.6) is 17.2 Å². The number of fused-ring (bicyclic) bond motifs is 1. The van der Waals surface area contributed by atoms with Crippen molar-refractivity contribution in [2.24, 2.45) is 11.3 Å². The lowest BCUT2D eigenvalue weighted by atomic mass is 9.95. The summed E-state index contributed by atoms with van der Waals surface area (Å²) in [4.78, 5) is 24.7. The van der Waals surface area contributed by atoms with Crippen LogP contribution in [0.3, 0.4) is 0 Å². The summed E-state index contributed by atoms with van der Waals surface area (Å²) in [5.41, 5.74) is 2.25. The fourth-order valence-electron chi connectivity index (χ4n) is 3.82. The van der Waals surface area contributed by atoms with Gasteiger partial charge in [-0.2, -0.15) is 0 Å². The number of rotatable bonds is 9. The van der Waals surface area contributed by atoms with Gasteiger partial charge in [-0.1, -0.05) is 26.0 Å². The lowest BCUT2D eigenvalue weighted by Crippen LogP contribution is -2.27. The van der Waals surface area contributed by atoms with Gasteiger partial charge in [0.05, 0.1) is 26.4 Å². The van der Waals surface area contributed by atoms with E-state index in [1.54, 1.807) is 26.4 Å². The van der Waals surface area contributed by atoms with Gasteiger partial charge >= 0.3 is 11.9 Å². The van der Waals surface area contributed by atoms with Crippen LogP contribution in [0, 0.1) is 11.3 Å². The fraction of sp³-hybridized carbons (Fsp3) is 0.440. The maximum Gasteiger partial charge on any atom is 0.338 e. The Kier molecular flexibility index (Phi) is 6.00. The van der Waals surface area contributed by atoms with Gasteiger partial charge in [0, 0.05) is 11.1 Å².